The predicted octanol–water partition coefficient (Wildman–Crippen LogP) is 1.11. The lowest BCUT2D eigenvalue weighted by molar-refractivity contribution is 0.101. The number of aromatic nitrogens is 5. The first-order chi connectivity index (χ1) is 9.33. The van der Waals surface area contributed by atoms with Gasteiger partial charge in [-0.25, -0.2) is 5.10 Å². The minimum atomic E-state index is -0.435. The number of carbonyl (C=O) groups is 1. The molecule has 8 heteroatoms. The highest BCUT2D eigenvalue weighted by Gasteiger charge is 2.14. The normalized spacial score (nSPS) is 10.3. The highest BCUT2D eigenvalue weighted by molar-refractivity contribution is 6.02. The molecular weight excluding hydrogens is 248 g/mol. The summed E-state index contributed by atoms with van der Waals surface area (Å²) >= 11 is 0. The lowest BCUT2D eigenvalue weighted by atomic mass is 10.2. The Morgan fingerprint density at radius 2 is 2.37 bits per heavy atom. The van der Waals surface area contributed by atoms with Gasteiger partial charge in [-0.1, -0.05) is 5.16 Å². The molecule has 3 heterocycles. The Morgan fingerprint density at radius 1 is 1.42 bits per heavy atom. The fourth-order valence-electron chi connectivity index (χ4n) is 1.46. The van der Waals surface area contributed by atoms with Gasteiger partial charge >= 0.3 is 0 Å². The Labute approximate surface area is 106 Å². The van der Waals surface area contributed by atoms with Gasteiger partial charge in [0.15, 0.2) is 11.5 Å². The van der Waals surface area contributed by atoms with Crippen molar-refractivity contribution in [3.63, 3.8) is 0 Å². The van der Waals surface area contributed by atoms with E-state index in [2.05, 4.69) is 30.6 Å². The summed E-state index contributed by atoms with van der Waals surface area (Å²) in [6.45, 7) is 0. The highest BCUT2D eigenvalue weighted by atomic mass is 16.5. The van der Waals surface area contributed by atoms with E-state index in [4.69, 9.17) is 4.52 Å². The first kappa shape index (κ1) is 11.1. The maximum Gasteiger partial charge on any atom is 0.280 e. The second kappa shape index (κ2) is 4.69. The Hall–Kier alpha value is -3.03. The summed E-state index contributed by atoms with van der Waals surface area (Å²) in [6.07, 6.45) is 4.57. The van der Waals surface area contributed by atoms with Crippen molar-refractivity contribution in [2.24, 2.45) is 0 Å². The molecule has 0 aromatic carbocycles. The van der Waals surface area contributed by atoms with E-state index in [0.29, 0.717) is 5.76 Å². The number of rotatable bonds is 3. The van der Waals surface area contributed by atoms with Crippen molar-refractivity contribution in [3.05, 3.63) is 42.6 Å². The van der Waals surface area contributed by atoms with Crippen molar-refractivity contribution in [3.8, 4) is 11.3 Å². The molecule has 2 N–H and O–H groups in total. The van der Waals surface area contributed by atoms with E-state index in [-0.39, 0.29) is 11.6 Å². The van der Waals surface area contributed by atoms with Crippen molar-refractivity contribution >= 4 is 11.9 Å². The standard InChI is InChI=1S/C11H8N6O2/c18-10(15-11-13-6-14-16-11)8-4-9(19-17-8)7-2-1-3-12-5-7/h1-6H,(H2,13,14,15,16,18). The molecule has 0 atom stereocenters. The molecule has 8 nitrogen and oxygen atoms in total. The summed E-state index contributed by atoms with van der Waals surface area (Å²) in [7, 11) is 0. The Balaban J connectivity index is 1.80. The Morgan fingerprint density at radius 3 is 3.11 bits per heavy atom. The van der Waals surface area contributed by atoms with Crippen LogP contribution in [0.4, 0.5) is 5.95 Å². The van der Waals surface area contributed by atoms with Crippen LogP contribution < -0.4 is 5.32 Å². The van der Waals surface area contributed by atoms with Crippen LogP contribution in [-0.4, -0.2) is 31.2 Å². The van der Waals surface area contributed by atoms with Gasteiger partial charge in [0.1, 0.15) is 6.33 Å². The average Bonchev–Trinajstić information content (AvgIpc) is 3.10. The van der Waals surface area contributed by atoms with Crippen molar-refractivity contribution in [1.82, 2.24) is 25.3 Å². The van der Waals surface area contributed by atoms with Crippen LogP contribution in [0.1, 0.15) is 10.5 Å². The molecule has 0 aliphatic carbocycles. The second-order valence-electron chi connectivity index (χ2n) is 3.61. The van der Waals surface area contributed by atoms with Crippen LogP contribution in [0.5, 0.6) is 0 Å². The number of pyridine rings is 1. The van der Waals surface area contributed by atoms with E-state index in [0.717, 1.165) is 5.56 Å². The van der Waals surface area contributed by atoms with Crippen LogP contribution >= 0.6 is 0 Å². The van der Waals surface area contributed by atoms with Crippen molar-refractivity contribution < 1.29 is 9.32 Å². The van der Waals surface area contributed by atoms with Gasteiger partial charge in [0, 0.05) is 24.0 Å². The number of nitrogens with zero attached hydrogens (tertiary/aromatic N) is 4. The molecule has 3 aromatic heterocycles. The zero-order chi connectivity index (χ0) is 13.1. The number of carbonyl (C=O) groups excluding carboxylic acids is 1. The van der Waals surface area contributed by atoms with Crippen LogP contribution in [0.25, 0.3) is 11.3 Å². The van der Waals surface area contributed by atoms with Crippen LogP contribution in [0.3, 0.4) is 0 Å². The quantitative estimate of drug-likeness (QED) is 0.726. The van der Waals surface area contributed by atoms with Gasteiger partial charge in [-0.2, -0.15) is 10.1 Å². The predicted molar refractivity (Wildman–Crippen MR) is 64.1 cm³/mol. The number of hydrogen-bond donors (Lipinski definition) is 2. The molecule has 0 aliphatic heterocycles. The molecule has 0 spiro atoms. The maximum atomic E-state index is 11.8. The van der Waals surface area contributed by atoms with Gasteiger partial charge < -0.3 is 4.52 Å². The second-order valence-corrected chi connectivity index (χ2v) is 3.61. The first-order valence-electron chi connectivity index (χ1n) is 5.37. The fraction of sp³-hybridized carbons (Fsp3) is 0. The van der Waals surface area contributed by atoms with Gasteiger partial charge in [-0.05, 0) is 12.1 Å². The van der Waals surface area contributed by atoms with Crippen LogP contribution in [-0.2, 0) is 0 Å². The van der Waals surface area contributed by atoms with Gasteiger partial charge in [-0.15, -0.1) is 0 Å². The molecule has 0 bridgehead atoms. The minimum absolute atomic E-state index is 0.148. The van der Waals surface area contributed by atoms with E-state index in [9.17, 15) is 4.79 Å². The number of nitrogens with one attached hydrogen (secondary N) is 2. The lowest BCUT2D eigenvalue weighted by Gasteiger charge is -1.95. The van der Waals surface area contributed by atoms with Gasteiger partial charge in [0.25, 0.3) is 5.91 Å². The Bertz CT molecular complexity index is 676. The molecule has 0 aliphatic rings. The van der Waals surface area contributed by atoms with E-state index in [1.54, 1.807) is 18.5 Å². The number of anilines is 1. The summed E-state index contributed by atoms with van der Waals surface area (Å²) in [6, 6.07) is 5.11. The third kappa shape index (κ3) is 2.32. The van der Waals surface area contributed by atoms with Crippen molar-refractivity contribution in [2.45, 2.75) is 0 Å². The van der Waals surface area contributed by atoms with E-state index in [1.165, 1.54) is 12.4 Å². The maximum absolute atomic E-state index is 11.8. The number of amides is 1. The molecule has 94 valence electrons. The topological polar surface area (TPSA) is 110 Å². The van der Waals surface area contributed by atoms with Crippen LogP contribution in [0.2, 0.25) is 0 Å². The zero-order valence-electron chi connectivity index (χ0n) is 9.57. The number of hydrogen-bond acceptors (Lipinski definition) is 6. The van der Waals surface area contributed by atoms with E-state index in [1.807, 2.05) is 6.07 Å². The lowest BCUT2D eigenvalue weighted by Crippen LogP contribution is -2.13. The highest BCUT2D eigenvalue weighted by Crippen LogP contribution is 2.19. The summed E-state index contributed by atoms with van der Waals surface area (Å²) in [5.74, 6) is 0.280. The number of aromatic amines is 1. The zero-order valence-corrected chi connectivity index (χ0v) is 9.57. The van der Waals surface area contributed by atoms with Gasteiger partial charge in [0.05, 0.1) is 0 Å². The van der Waals surface area contributed by atoms with Crippen molar-refractivity contribution in [1.29, 1.82) is 0 Å². The molecule has 0 saturated carbocycles. The molecule has 3 aromatic rings. The van der Waals surface area contributed by atoms with Crippen molar-refractivity contribution in [2.75, 3.05) is 5.32 Å². The fourth-order valence-corrected chi connectivity index (χ4v) is 1.46. The smallest absolute Gasteiger partial charge is 0.280 e. The molecule has 0 fully saturated rings. The van der Waals surface area contributed by atoms with Crippen LogP contribution in [0, 0.1) is 0 Å². The molecular formula is C11H8N6O2. The SMILES string of the molecule is O=C(Nc1ncn[nH]1)c1cc(-c2cccnc2)on1. The van der Waals surface area contributed by atoms with Gasteiger partial charge in [0.2, 0.25) is 5.95 Å². The first-order valence-corrected chi connectivity index (χ1v) is 5.37. The molecule has 1 amide bonds. The average molecular weight is 256 g/mol. The number of H-pyrrole nitrogens is 1. The third-order valence-corrected chi connectivity index (χ3v) is 2.34. The van der Waals surface area contributed by atoms with E-state index >= 15 is 0 Å². The molecule has 0 saturated heterocycles. The molecule has 0 unspecified atom stereocenters. The summed E-state index contributed by atoms with van der Waals surface area (Å²) < 4.78 is 5.09. The third-order valence-electron chi connectivity index (χ3n) is 2.34. The van der Waals surface area contributed by atoms with E-state index < -0.39 is 5.91 Å². The summed E-state index contributed by atoms with van der Waals surface area (Å²) in [4.78, 5) is 19.6. The molecule has 3 rings (SSSR count). The summed E-state index contributed by atoms with van der Waals surface area (Å²) in [5, 5.41) is 12.3. The van der Waals surface area contributed by atoms with Gasteiger partial charge in [-0.3, -0.25) is 15.1 Å². The Kier molecular flexibility index (Phi) is 2.73. The largest absolute Gasteiger partial charge is 0.355 e. The molecule has 0 radical (unpaired) electrons. The van der Waals surface area contributed by atoms with Crippen LogP contribution in [0.15, 0.2) is 41.4 Å². The molecule has 19 heavy (non-hydrogen) atoms. The monoisotopic (exact) mass is 256 g/mol. The summed E-state index contributed by atoms with van der Waals surface area (Å²) in [5.41, 5.74) is 0.893. The minimum Gasteiger partial charge on any atom is -0.355 e.